The molecule has 3 fully saturated rings. The first kappa shape index (κ1) is 21.0. The fourth-order valence-corrected chi connectivity index (χ4v) is 4.49. The van der Waals surface area contributed by atoms with Crippen molar-refractivity contribution >= 4 is 47.2 Å². The number of hydrogen-bond donors (Lipinski definition) is 1. The van der Waals surface area contributed by atoms with E-state index < -0.39 is 0 Å². The van der Waals surface area contributed by atoms with Crippen LogP contribution < -0.4 is 10.6 Å². The average molecular weight is 504 g/mol. The predicted molar refractivity (Wildman–Crippen MR) is 125 cm³/mol. The fraction of sp³-hybridized carbons (Fsp3) is 0.650. The summed E-state index contributed by atoms with van der Waals surface area (Å²) in [5, 5.41) is 0.784. The zero-order valence-corrected chi connectivity index (χ0v) is 19.0. The van der Waals surface area contributed by atoms with Gasteiger partial charge in [0, 0.05) is 42.9 Å². The van der Waals surface area contributed by atoms with Crippen LogP contribution in [0.2, 0.25) is 5.02 Å². The Balaban J connectivity index is 0.00000210. The molecular weight excluding hydrogens is 473 g/mol. The standard InChI is InChI=1S/C20H30ClN5.HI/c21-16-4-6-18(7-5-16)25-10-12-26(13-11-25)20(22)23-17-14-19(15-17)24-8-2-1-3-9-24;/h4-7,17,19H,1-3,8-15H2,(H2,22,23);1H. The molecule has 5 nitrogen and oxygen atoms in total. The molecule has 7 heteroatoms. The number of piperazine rings is 1. The van der Waals surface area contributed by atoms with Crippen LogP contribution in [0.5, 0.6) is 0 Å². The summed E-state index contributed by atoms with van der Waals surface area (Å²) in [5.74, 6) is 0.739. The lowest BCUT2D eigenvalue weighted by molar-refractivity contribution is 0.0908. The van der Waals surface area contributed by atoms with Gasteiger partial charge >= 0.3 is 0 Å². The zero-order chi connectivity index (χ0) is 17.9. The van der Waals surface area contributed by atoms with Gasteiger partial charge in [-0.2, -0.15) is 0 Å². The molecule has 4 rings (SSSR count). The van der Waals surface area contributed by atoms with Gasteiger partial charge in [-0.15, -0.1) is 24.0 Å². The quantitative estimate of drug-likeness (QED) is 0.390. The second-order valence-electron chi connectivity index (χ2n) is 7.81. The lowest BCUT2D eigenvalue weighted by Gasteiger charge is -2.43. The van der Waals surface area contributed by atoms with Crippen LogP contribution in [0.25, 0.3) is 0 Å². The average Bonchev–Trinajstić information content (AvgIpc) is 2.65. The number of anilines is 1. The van der Waals surface area contributed by atoms with Crippen LogP contribution in [-0.4, -0.2) is 67.1 Å². The molecule has 1 aromatic rings. The molecule has 0 aromatic heterocycles. The Hall–Kier alpha value is -0.730. The molecule has 0 bridgehead atoms. The highest BCUT2D eigenvalue weighted by atomic mass is 127. The highest BCUT2D eigenvalue weighted by Crippen LogP contribution is 2.30. The van der Waals surface area contributed by atoms with Gasteiger partial charge in [0.1, 0.15) is 0 Å². The number of halogens is 2. The van der Waals surface area contributed by atoms with Crippen LogP contribution in [0.1, 0.15) is 32.1 Å². The number of piperidine rings is 1. The molecule has 3 aliphatic rings. The van der Waals surface area contributed by atoms with Gasteiger partial charge in [-0.1, -0.05) is 18.0 Å². The lowest BCUT2D eigenvalue weighted by atomic mass is 9.85. The first-order valence-corrected chi connectivity index (χ1v) is 10.4. The second kappa shape index (κ2) is 9.65. The van der Waals surface area contributed by atoms with Crippen molar-refractivity contribution < 1.29 is 0 Å². The molecule has 2 heterocycles. The van der Waals surface area contributed by atoms with E-state index in [1.807, 2.05) is 12.1 Å². The molecule has 0 unspecified atom stereocenters. The smallest absolute Gasteiger partial charge is 0.191 e. The summed E-state index contributed by atoms with van der Waals surface area (Å²) in [4.78, 5) is 12.1. The first-order chi connectivity index (χ1) is 12.7. The van der Waals surface area contributed by atoms with Crippen LogP contribution >= 0.6 is 35.6 Å². The minimum absolute atomic E-state index is 0. The van der Waals surface area contributed by atoms with E-state index >= 15 is 0 Å². The minimum Gasteiger partial charge on any atom is -0.370 e. The minimum atomic E-state index is 0. The number of likely N-dealkylation sites (tertiary alicyclic amines) is 1. The maximum Gasteiger partial charge on any atom is 0.191 e. The van der Waals surface area contributed by atoms with Gasteiger partial charge in [0.25, 0.3) is 0 Å². The third-order valence-electron chi connectivity index (χ3n) is 6.11. The van der Waals surface area contributed by atoms with Crippen LogP contribution in [0.4, 0.5) is 5.69 Å². The van der Waals surface area contributed by atoms with Gasteiger partial charge in [0.15, 0.2) is 5.96 Å². The third-order valence-corrected chi connectivity index (χ3v) is 6.36. The largest absolute Gasteiger partial charge is 0.370 e. The summed E-state index contributed by atoms with van der Waals surface area (Å²) in [7, 11) is 0. The number of nitrogens with two attached hydrogens (primary N) is 1. The van der Waals surface area contributed by atoms with Gasteiger partial charge in [0.05, 0.1) is 6.04 Å². The molecule has 2 saturated heterocycles. The van der Waals surface area contributed by atoms with E-state index in [9.17, 15) is 0 Å². The molecule has 2 N–H and O–H groups in total. The van der Waals surface area contributed by atoms with E-state index in [1.165, 1.54) is 50.9 Å². The maximum atomic E-state index is 6.31. The third kappa shape index (κ3) is 5.21. The zero-order valence-electron chi connectivity index (χ0n) is 15.9. The van der Waals surface area contributed by atoms with Crippen molar-refractivity contribution in [3.63, 3.8) is 0 Å². The van der Waals surface area contributed by atoms with Gasteiger partial charge in [-0.05, 0) is 63.0 Å². The number of rotatable bonds is 3. The number of benzene rings is 1. The first-order valence-electron chi connectivity index (χ1n) is 10.0. The monoisotopic (exact) mass is 503 g/mol. The fourth-order valence-electron chi connectivity index (χ4n) is 4.36. The van der Waals surface area contributed by atoms with Gasteiger partial charge in [-0.3, -0.25) is 0 Å². The van der Waals surface area contributed by atoms with Crippen LogP contribution in [0.15, 0.2) is 29.3 Å². The molecule has 1 aromatic carbocycles. The van der Waals surface area contributed by atoms with Crippen LogP contribution in [0, 0.1) is 0 Å². The summed E-state index contributed by atoms with van der Waals surface area (Å²) in [6.07, 6.45) is 6.51. The summed E-state index contributed by atoms with van der Waals surface area (Å²) in [6, 6.07) is 9.26. The Bertz CT molecular complexity index is 618. The molecule has 1 aliphatic carbocycles. The highest BCUT2D eigenvalue weighted by Gasteiger charge is 2.34. The molecule has 0 spiro atoms. The lowest BCUT2D eigenvalue weighted by Crippen LogP contribution is -2.53. The van der Waals surface area contributed by atoms with Crippen molar-refractivity contribution in [2.75, 3.05) is 44.2 Å². The van der Waals surface area contributed by atoms with Crippen molar-refractivity contribution in [1.82, 2.24) is 9.80 Å². The Kier molecular flexibility index (Phi) is 7.50. The van der Waals surface area contributed by atoms with E-state index in [0.29, 0.717) is 6.04 Å². The Morgan fingerprint density at radius 1 is 0.926 bits per heavy atom. The number of guanidine groups is 1. The molecular formula is C20H31ClIN5. The number of hydrogen-bond acceptors (Lipinski definition) is 3. The van der Waals surface area contributed by atoms with E-state index in [0.717, 1.165) is 43.2 Å². The van der Waals surface area contributed by atoms with E-state index in [1.54, 1.807) is 0 Å². The molecule has 27 heavy (non-hydrogen) atoms. The van der Waals surface area contributed by atoms with Gasteiger partial charge in [-0.25, -0.2) is 4.99 Å². The number of aliphatic imine (C=N–C) groups is 1. The highest BCUT2D eigenvalue weighted by molar-refractivity contribution is 14.0. The molecule has 0 atom stereocenters. The molecule has 150 valence electrons. The Labute approximate surface area is 184 Å². The van der Waals surface area contributed by atoms with Gasteiger partial charge < -0.3 is 20.4 Å². The maximum absolute atomic E-state index is 6.31. The van der Waals surface area contributed by atoms with Crippen molar-refractivity contribution in [1.29, 1.82) is 0 Å². The van der Waals surface area contributed by atoms with E-state index in [4.69, 9.17) is 22.3 Å². The van der Waals surface area contributed by atoms with Crippen molar-refractivity contribution in [2.45, 2.75) is 44.2 Å². The van der Waals surface area contributed by atoms with Crippen molar-refractivity contribution in [2.24, 2.45) is 10.7 Å². The molecule has 1 saturated carbocycles. The van der Waals surface area contributed by atoms with Crippen molar-refractivity contribution in [3.05, 3.63) is 29.3 Å². The van der Waals surface area contributed by atoms with Crippen LogP contribution in [-0.2, 0) is 0 Å². The molecule has 2 aliphatic heterocycles. The van der Waals surface area contributed by atoms with Crippen LogP contribution in [0.3, 0.4) is 0 Å². The normalized spacial score (nSPS) is 27.1. The topological polar surface area (TPSA) is 48.1 Å². The SMILES string of the molecule is I.NC(=NC1CC(N2CCCCC2)C1)N1CCN(c2ccc(Cl)cc2)CC1. The molecule has 0 radical (unpaired) electrons. The van der Waals surface area contributed by atoms with E-state index in [-0.39, 0.29) is 24.0 Å². The van der Waals surface area contributed by atoms with E-state index in [2.05, 4.69) is 26.8 Å². The van der Waals surface area contributed by atoms with Gasteiger partial charge in [0.2, 0.25) is 0 Å². The summed E-state index contributed by atoms with van der Waals surface area (Å²) < 4.78 is 0. The molecule has 0 amide bonds. The number of nitrogens with zero attached hydrogens (tertiary/aromatic N) is 4. The summed E-state index contributed by atoms with van der Waals surface area (Å²) in [5.41, 5.74) is 7.54. The predicted octanol–water partition coefficient (Wildman–Crippen LogP) is 3.41. The Morgan fingerprint density at radius 2 is 1.56 bits per heavy atom. The summed E-state index contributed by atoms with van der Waals surface area (Å²) in [6.45, 7) is 6.37. The Morgan fingerprint density at radius 3 is 2.19 bits per heavy atom. The summed E-state index contributed by atoms with van der Waals surface area (Å²) >= 11 is 5.98. The second-order valence-corrected chi connectivity index (χ2v) is 8.25. The van der Waals surface area contributed by atoms with Crippen molar-refractivity contribution in [3.8, 4) is 0 Å².